The van der Waals surface area contributed by atoms with E-state index in [1.54, 1.807) is 7.11 Å². The molecule has 0 radical (unpaired) electrons. The molecular weight excluding hydrogens is 176 g/mol. The molecular formula is C11H18N2O. The maximum Gasteiger partial charge on any atom is 0.121 e. The number of hydrogen-bond donors (Lipinski definition) is 2. The fourth-order valence-corrected chi connectivity index (χ4v) is 1.23. The second-order valence-electron chi connectivity index (χ2n) is 3.23. The molecule has 1 aromatic carbocycles. The Morgan fingerprint density at radius 1 is 1.43 bits per heavy atom. The molecule has 0 aliphatic rings. The maximum absolute atomic E-state index is 5.84. The minimum atomic E-state index is 0.737. The smallest absolute Gasteiger partial charge is 0.121 e. The molecule has 0 aromatic heterocycles. The first-order chi connectivity index (χ1) is 6.77. The van der Waals surface area contributed by atoms with Crippen molar-refractivity contribution >= 4 is 11.4 Å². The molecule has 0 amide bonds. The molecule has 78 valence electrons. The van der Waals surface area contributed by atoms with Crippen LogP contribution in [-0.4, -0.2) is 13.7 Å². The van der Waals surface area contributed by atoms with Gasteiger partial charge in [-0.2, -0.15) is 0 Å². The van der Waals surface area contributed by atoms with E-state index in [2.05, 4.69) is 12.2 Å². The van der Waals surface area contributed by atoms with E-state index in [0.717, 1.165) is 30.1 Å². The Morgan fingerprint density at radius 2 is 2.21 bits per heavy atom. The lowest BCUT2D eigenvalue weighted by Gasteiger charge is -2.09. The van der Waals surface area contributed by atoms with Gasteiger partial charge in [-0.15, -0.1) is 0 Å². The van der Waals surface area contributed by atoms with Gasteiger partial charge in [-0.25, -0.2) is 0 Å². The molecule has 3 heteroatoms. The summed E-state index contributed by atoms with van der Waals surface area (Å²) in [6, 6.07) is 5.68. The Labute approximate surface area is 85.3 Å². The Bertz CT molecular complexity index is 287. The summed E-state index contributed by atoms with van der Waals surface area (Å²) in [5.41, 5.74) is 7.56. The molecule has 0 atom stereocenters. The summed E-state index contributed by atoms with van der Waals surface area (Å²) < 4.78 is 5.07. The van der Waals surface area contributed by atoms with Crippen LogP contribution in [0, 0.1) is 0 Å². The van der Waals surface area contributed by atoms with Gasteiger partial charge in [0, 0.05) is 12.6 Å². The predicted octanol–water partition coefficient (Wildman–Crippen LogP) is 2.49. The molecule has 0 unspecified atom stereocenters. The van der Waals surface area contributed by atoms with E-state index in [4.69, 9.17) is 10.5 Å². The quantitative estimate of drug-likeness (QED) is 0.559. The zero-order valence-corrected chi connectivity index (χ0v) is 8.84. The third-order valence-electron chi connectivity index (χ3n) is 2.10. The Morgan fingerprint density at radius 3 is 2.79 bits per heavy atom. The van der Waals surface area contributed by atoms with E-state index in [-0.39, 0.29) is 0 Å². The van der Waals surface area contributed by atoms with Gasteiger partial charge in [0.15, 0.2) is 0 Å². The first kappa shape index (κ1) is 10.7. The molecule has 0 fully saturated rings. The highest BCUT2D eigenvalue weighted by molar-refractivity contribution is 5.68. The van der Waals surface area contributed by atoms with Crippen LogP contribution in [0.2, 0.25) is 0 Å². The van der Waals surface area contributed by atoms with Gasteiger partial charge >= 0.3 is 0 Å². The van der Waals surface area contributed by atoms with Crippen molar-refractivity contribution in [2.75, 3.05) is 24.7 Å². The van der Waals surface area contributed by atoms with E-state index < -0.39 is 0 Å². The van der Waals surface area contributed by atoms with Gasteiger partial charge in [0.2, 0.25) is 0 Å². The molecule has 0 bridgehead atoms. The lowest BCUT2D eigenvalue weighted by atomic mass is 10.2. The molecule has 1 aromatic rings. The van der Waals surface area contributed by atoms with Crippen LogP contribution in [0.1, 0.15) is 19.8 Å². The minimum absolute atomic E-state index is 0.737. The molecule has 0 heterocycles. The number of hydrogen-bond acceptors (Lipinski definition) is 3. The molecule has 0 spiro atoms. The first-order valence-electron chi connectivity index (χ1n) is 4.95. The highest BCUT2D eigenvalue weighted by Gasteiger charge is 1.99. The third-order valence-corrected chi connectivity index (χ3v) is 2.10. The third kappa shape index (κ3) is 2.83. The maximum atomic E-state index is 5.84. The van der Waals surface area contributed by atoms with E-state index in [0.29, 0.717) is 0 Å². The van der Waals surface area contributed by atoms with Crippen molar-refractivity contribution in [2.24, 2.45) is 0 Å². The number of methoxy groups -OCH3 is 1. The molecule has 0 aliphatic heterocycles. The Balaban J connectivity index is 2.59. The SMILES string of the molecule is CCCCNc1ccc(OC)cc1N. The van der Waals surface area contributed by atoms with Crippen LogP contribution in [0.15, 0.2) is 18.2 Å². The number of anilines is 2. The van der Waals surface area contributed by atoms with Gasteiger partial charge in [0.1, 0.15) is 5.75 Å². The fourth-order valence-electron chi connectivity index (χ4n) is 1.23. The summed E-state index contributed by atoms with van der Waals surface area (Å²) >= 11 is 0. The first-order valence-corrected chi connectivity index (χ1v) is 4.95. The van der Waals surface area contributed by atoms with Crippen LogP contribution in [0.5, 0.6) is 5.75 Å². The van der Waals surface area contributed by atoms with Crippen molar-refractivity contribution in [3.05, 3.63) is 18.2 Å². The van der Waals surface area contributed by atoms with Gasteiger partial charge in [-0.3, -0.25) is 0 Å². The van der Waals surface area contributed by atoms with Crippen LogP contribution < -0.4 is 15.8 Å². The molecule has 0 aliphatic carbocycles. The molecule has 0 saturated heterocycles. The van der Waals surface area contributed by atoms with Crippen molar-refractivity contribution in [3.8, 4) is 5.75 Å². The summed E-state index contributed by atoms with van der Waals surface area (Å²) in [7, 11) is 1.64. The summed E-state index contributed by atoms with van der Waals surface area (Å²) in [6.07, 6.45) is 2.34. The van der Waals surface area contributed by atoms with Crippen molar-refractivity contribution in [3.63, 3.8) is 0 Å². The Hall–Kier alpha value is -1.38. The number of nitrogens with two attached hydrogens (primary N) is 1. The Kier molecular flexibility index (Phi) is 4.11. The highest BCUT2D eigenvalue weighted by atomic mass is 16.5. The van der Waals surface area contributed by atoms with E-state index in [9.17, 15) is 0 Å². The predicted molar refractivity (Wildman–Crippen MR) is 60.8 cm³/mol. The van der Waals surface area contributed by atoms with Gasteiger partial charge < -0.3 is 15.8 Å². The monoisotopic (exact) mass is 194 g/mol. The zero-order chi connectivity index (χ0) is 10.4. The van der Waals surface area contributed by atoms with Gasteiger partial charge in [0.25, 0.3) is 0 Å². The van der Waals surface area contributed by atoms with Gasteiger partial charge in [-0.05, 0) is 18.6 Å². The van der Waals surface area contributed by atoms with Crippen molar-refractivity contribution in [2.45, 2.75) is 19.8 Å². The second-order valence-corrected chi connectivity index (χ2v) is 3.23. The number of nitrogen functional groups attached to an aromatic ring is 1. The number of rotatable bonds is 5. The summed E-state index contributed by atoms with van der Waals surface area (Å²) in [5, 5.41) is 3.28. The van der Waals surface area contributed by atoms with Crippen LogP contribution in [0.3, 0.4) is 0 Å². The van der Waals surface area contributed by atoms with Crippen molar-refractivity contribution < 1.29 is 4.74 Å². The number of unbranched alkanes of at least 4 members (excludes halogenated alkanes) is 1. The van der Waals surface area contributed by atoms with Crippen LogP contribution >= 0.6 is 0 Å². The second kappa shape index (κ2) is 5.37. The molecule has 1 rings (SSSR count). The number of benzene rings is 1. The topological polar surface area (TPSA) is 47.3 Å². The normalized spacial score (nSPS) is 9.86. The average molecular weight is 194 g/mol. The molecule has 3 N–H and O–H groups in total. The average Bonchev–Trinajstić information content (AvgIpc) is 2.20. The van der Waals surface area contributed by atoms with Gasteiger partial charge in [-0.1, -0.05) is 13.3 Å². The number of nitrogens with one attached hydrogen (secondary N) is 1. The fraction of sp³-hybridized carbons (Fsp3) is 0.455. The zero-order valence-electron chi connectivity index (χ0n) is 8.84. The van der Waals surface area contributed by atoms with E-state index >= 15 is 0 Å². The van der Waals surface area contributed by atoms with E-state index in [1.165, 1.54) is 6.42 Å². The van der Waals surface area contributed by atoms with Crippen molar-refractivity contribution in [1.82, 2.24) is 0 Å². The standard InChI is InChI=1S/C11H18N2O/c1-3-4-7-13-11-6-5-9(14-2)8-10(11)12/h5-6,8,13H,3-4,7,12H2,1-2H3. The summed E-state index contributed by atoms with van der Waals surface area (Å²) in [4.78, 5) is 0. The highest BCUT2D eigenvalue weighted by Crippen LogP contribution is 2.23. The largest absolute Gasteiger partial charge is 0.497 e. The summed E-state index contributed by atoms with van der Waals surface area (Å²) in [5.74, 6) is 0.795. The minimum Gasteiger partial charge on any atom is -0.497 e. The molecule has 14 heavy (non-hydrogen) atoms. The van der Waals surface area contributed by atoms with Crippen LogP contribution in [0.25, 0.3) is 0 Å². The van der Waals surface area contributed by atoms with E-state index in [1.807, 2.05) is 18.2 Å². The van der Waals surface area contributed by atoms with Crippen LogP contribution in [-0.2, 0) is 0 Å². The lowest BCUT2D eigenvalue weighted by molar-refractivity contribution is 0.415. The van der Waals surface area contributed by atoms with Crippen molar-refractivity contribution in [1.29, 1.82) is 0 Å². The van der Waals surface area contributed by atoms with Gasteiger partial charge in [0.05, 0.1) is 18.5 Å². The molecule has 0 saturated carbocycles. The van der Waals surface area contributed by atoms with Crippen LogP contribution in [0.4, 0.5) is 11.4 Å². The summed E-state index contributed by atoms with van der Waals surface area (Å²) in [6.45, 7) is 3.13. The number of ether oxygens (including phenoxy) is 1. The molecule has 3 nitrogen and oxygen atoms in total. The lowest BCUT2D eigenvalue weighted by Crippen LogP contribution is -2.03.